The highest BCUT2D eigenvalue weighted by Gasteiger charge is 2.15. The Balaban J connectivity index is 0.00000288. The molecule has 1 fully saturated rings. The van der Waals surface area contributed by atoms with Crippen molar-refractivity contribution in [3.63, 3.8) is 0 Å². The van der Waals surface area contributed by atoms with Gasteiger partial charge in [-0.1, -0.05) is 12.1 Å². The number of benzene rings is 1. The second kappa shape index (κ2) is 11.6. The van der Waals surface area contributed by atoms with Crippen LogP contribution in [0.5, 0.6) is 0 Å². The fourth-order valence-corrected chi connectivity index (χ4v) is 3.63. The van der Waals surface area contributed by atoms with Crippen molar-refractivity contribution in [3.8, 4) is 0 Å². The van der Waals surface area contributed by atoms with Crippen LogP contribution >= 0.6 is 35.7 Å². The smallest absolute Gasteiger partial charge is 0.251 e. The first kappa shape index (κ1) is 21.1. The first-order valence-electron chi connectivity index (χ1n) is 8.17. The monoisotopic (exact) mass is 462 g/mol. The number of halogens is 1. The van der Waals surface area contributed by atoms with Gasteiger partial charge in [0.15, 0.2) is 5.96 Å². The van der Waals surface area contributed by atoms with Gasteiger partial charge in [-0.25, -0.2) is 4.99 Å². The molecule has 3 N–H and O–H groups in total. The molecule has 1 saturated heterocycles. The molecular formula is C17H27IN4OS. The van der Waals surface area contributed by atoms with E-state index in [1.54, 1.807) is 7.05 Å². The topological polar surface area (TPSA) is 65.5 Å². The van der Waals surface area contributed by atoms with E-state index in [9.17, 15) is 4.79 Å². The molecule has 1 unspecified atom stereocenters. The standard InChI is InChI=1S/C17H26N4OS.HI/c1-3-19-17(21-12-15-5-4-10-23-15)20-11-13-6-8-14(9-7-13)16(22)18-2;/h6-9,15H,3-5,10-12H2,1-2H3,(H,18,22)(H2,19,20,21);1H. The van der Waals surface area contributed by atoms with E-state index in [-0.39, 0.29) is 29.9 Å². The molecule has 7 heteroatoms. The van der Waals surface area contributed by atoms with E-state index in [4.69, 9.17) is 0 Å². The average Bonchev–Trinajstić information content (AvgIpc) is 3.10. The van der Waals surface area contributed by atoms with E-state index in [1.807, 2.05) is 36.0 Å². The molecule has 1 amide bonds. The quantitative estimate of drug-likeness (QED) is 0.346. The van der Waals surface area contributed by atoms with Gasteiger partial charge in [-0.05, 0) is 43.2 Å². The van der Waals surface area contributed by atoms with Crippen LogP contribution in [-0.2, 0) is 6.54 Å². The zero-order valence-electron chi connectivity index (χ0n) is 14.3. The summed E-state index contributed by atoms with van der Waals surface area (Å²) in [5.41, 5.74) is 1.76. The molecule has 0 aromatic heterocycles. The molecule has 24 heavy (non-hydrogen) atoms. The largest absolute Gasteiger partial charge is 0.357 e. The summed E-state index contributed by atoms with van der Waals surface area (Å²) in [5, 5.41) is 10.0. The molecule has 1 aliphatic heterocycles. The molecule has 5 nitrogen and oxygen atoms in total. The average molecular weight is 462 g/mol. The fraction of sp³-hybridized carbons (Fsp3) is 0.529. The number of guanidine groups is 1. The maximum atomic E-state index is 11.5. The lowest BCUT2D eigenvalue weighted by molar-refractivity contribution is 0.0963. The number of nitrogens with one attached hydrogen (secondary N) is 3. The highest BCUT2D eigenvalue weighted by Crippen LogP contribution is 2.25. The van der Waals surface area contributed by atoms with Gasteiger partial charge in [-0.3, -0.25) is 4.79 Å². The van der Waals surface area contributed by atoms with Gasteiger partial charge in [-0.15, -0.1) is 24.0 Å². The fourth-order valence-electron chi connectivity index (χ4n) is 2.43. The van der Waals surface area contributed by atoms with Crippen LogP contribution < -0.4 is 16.0 Å². The molecule has 134 valence electrons. The van der Waals surface area contributed by atoms with Gasteiger partial charge >= 0.3 is 0 Å². The zero-order chi connectivity index (χ0) is 16.5. The van der Waals surface area contributed by atoms with Gasteiger partial charge < -0.3 is 16.0 Å². The molecule has 0 saturated carbocycles. The summed E-state index contributed by atoms with van der Waals surface area (Å²) in [6, 6.07) is 7.56. The number of amides is 1. The maximum Gasteiger partial charge on any atom is 0.251 e. The summed E-state index contributed by atoms with van der Waals surface area (Å²) >= 11 is 2.04. The molecule has 1 aliphatic rings. The summed E-state index contributed by atoms with van der Waals surface area (Å²) < 4.78 is 0. The normalized spacial score (nSPS) is 17.1. The SMILES string of the molecule is CCNC(=NCc1ccc(C(=O)NC)cc1)NCC1CCCS1.I. The van der Waals surface area contributed by atoms with Crippen LogP contribution in [0.15, 0.2) is 29.3 Å². The number of carbonyl (C=O) groups excluding carboxylic acids is 1. The number of hydrogen-bond donors (Lipinski definition) is 3. The Hall–Kier alpha value is -0.960. The van der Waals surface area contributed by atoms with Crippen molar-refractivity contribution in [1.29, 1.82) is 0 Å². The number of thioether (sulfide) groups is 1. The predicted octanol–water partition coefficient (Wildman–Crippen LogP) is 2.61. The second-order valence-electron chi connectivity index (χ2n) is 5.49. The van der Waals surface area contributed by atoms with Crippen LogP contribution in [-0.4, -0.2) is 43.0 Å². The van der Waals surface area contributed by atoms with Gasteiger partial charge in [0, 0.05) is 31.0 Å². The third-order valence-electron chi connectivity index (χ3n) is 3.73. The molecule has 1 heterocycles. The lowest BCUT2D eigenvalue weighted by Crippen LogP contribution is -2.40. The van der Waals surface area contributed by atoms with E-state index in [1.165, 1.54) is 18.6 Å². The molecule has 0 radical (unpaired) electrons. The van der Waals surface area contributed by atoms with Crippen molar-refractivity contribution in [2.75, 3.05) is 25.9 Å². The molecule has 0 spiro atoms. The number of carbonyl (C=O) groups is 1. The second-order valence-corrected chi connectivity index (χ2v) is 6.90. The Kier molecular flexibility index (Phi) is 10.2. The van der Waals surface area contributed by atoms with Crippen LogP contribution in [0.1, 0.15) is 35.7 Å². The Morgan fingerprint density at radius 3 is 2.62 bits per heavy atom. The molecular weight excluding hydrogens is 435 g/mol. The number of rotatable bonds is 6. The highest BCUT2D eigenvalue weighted by atomic mass is 127. The van der Waals surface area contributed by atoms with E-state index < -0.39 is 0 Å². The van der Waals surface area contributed by atoms with Crippen LogP contribution in [0.2, 0.25) is 0 Å². The predicted molar refractivity (Wildman–Crippen MR) is 114 cm³/mol. The summed E-state index contributed by atoms with van der Waals surface area (Å²) in [4.78, 5) is 16.2. The summed E-state index contributed by atoms with van der Waals surface area (Å²) in [5.74, 6) is 2.07. The molecule has 1 atom stereocenters. The Labute approximate surface area is 165 Å². The van der Waals surface area contributed by atoms with Gasteiger partial charge in [0.1, 0.15) is 0 Å². The minimum absolute atomic E-state index is 0. The Morgan fingerprint density at radius 2 is 2.04 bits per heavy atom. The number of aliphatic imine (C=N–C) groups is 1. The lowest BCUT2D eigenvalue weighted by Gasteiger charge is -2.14. The van der Waals surface area contributed by atoms with Crippen LogP contribution in [0.4, 0.5) is 0 Å². The first-order chi connectivity index (χ1) is 11.2. The van der Waals surface area contributed by atoms with Crippen LogP contribution in [0.3, 0.4) is 0 Å². The minimum Gasteiger partial charge on any atom is -0.357 e. The van der Waals surface area contributed by atoms with Crippen molar-refractivity contribution in [2.45, 2.75) is 31.6 Å². The maximum absolute atomic E-state index is 11.5. The van der Waals surface area contributed by atoms with Crippen molar-refractivity contribution in [2.24, 2.45) is 4.99 Å². The highest BCUT2D eigenvalue weighted by molar-refractivity contribution is 14.0. The van der Waals surface area contributed by atoms with Gasteiger partial charge in [0.2, 0.25) is 0 Å². The molecule has 0 aliphatic carbocycles. The first-order valence-corrected chi connectivity index (χ1v) is 9.22. The molecule has 0 bridgehead atoms. The molecule has 1 aromatic rings. The number of nitrogens with zero attached hydrogens (tertiary/aromatic N) is 1. The third kappa shape index (κ3) is 6.88. The van der Waals surface area contributed by atoms with Crippen molar-refractivity contribution in [1.82, 2.24) is 16.0 Å². The minimum atomic E-state index is -0.0656. The third-order valence-corrected chi connectivity index (χ3v) is 5.13. The van der Waals surface area contributed by atoms with Crippen LogP contribution in [0.25, 0.3) is 0 Å². The number of hydrogen-bond acceptors (Lipinski definition) is 3. The van der Waals surface area contributed by atoms with E-state index >= 15 is 0 Å². The van der Waals surface area contributed by atoms with Gasteiger partial charge in [-0.2, -0.15) is 11.8 Å². The molecule has 1 aromatic carbocycles. The van der Waals surface area contributed by atoms with Gasteiger partial charge in [0.05, 0.1) is 6.54 Å². The van der Waals surface area contributed by atoms with Crippen LogP contribution in [0, 0.1) is 0 Å². The van der Waals surface area contributed by atoms with Crippen molar-refractivity contribution >= 4 is 47.6 Å². The van der Waals surface area contributed by atoms with E-state index in [0.717, 1.165) is 24.6 Å². The molecule has 2 rings (SSSR count). The zero-order valence-corrected chi connectivity index (χ0v) is 17.4. The Bertz CT molecular complexity index is 530. The van der Waals surface area contributed by atoms with Crippen molar-refractivity contribution < 1.29 is 4.79 Å². The summed E-state index contributed by atoms with van der Waals surface area (Å²) in [6.07, 6.45) is 2.61. The van der Waals surface area contributed by atoms with Gasteiger partial charge in [0.25, 0.3) is 5.91 Å². The summed E-state index contributed by atoms with van der Waals surface area (Å²) in [7, 11) is 1.64. The van der Waals surface area contributed by atoms with E-state index in [2.05, 4.69) is 27.9 Å². The van der Waals surface area contributed by atoms with Crippen molar-refractivity contribution in [3.05, 3.63) is 35.4 Å². The summed E-state index contributed by atoms with van der Waals surface area (Å²) in [6.45, 7) is 4.48. The van der Waals surface area contributed by atoms with E-state index in [0.29, 0.717) is 17.4 Å². The lowest BCUT2D eigenvalue weighted by atomic mass is 10.1. The Morgan fingerprint density at radius 1 is 1.29 bits per heavy atom.